The van der Waals surface area contributed by atoms with E-state index >= 15 is 0 Å². The highest BCUT2D eigenvalue weighted by Crippen LogP contribution is 2.23. The Bertz CT molecular complexity index is 332. The molecular formula is C13H22N2O3. The summed E-state index contributed by atoms with van der Waals surface area (Å²) in [6, 6.07) is -0.722. The van der Waals surface area contributed by atoms with Crippen molar-refractivity contribution in [3.8, 4) is 0 Å². The van der Waals surface area contributed by atoms with Gasteiger partial charge in [-0.25, -0.2) is 4.79 Å². The molecule has 0 aromatic rings. The van der Waals surface area contributed by atoms with Crippen molar-refractivity contribution in [2.45, 2.75) is 50.6 Å². The minimum Gasteiger partial charge on any atom is -0.480 e. The molecule has 0 saturated carbocycles. The van der Waals surface area contributed by atoms with Gasteiger partial charge in [-0.1, -0.05) is 6.42 Å². The molecule has 18 heavy (non-hydrogen) atoms. The van der Waals surface area contributed by atoms with E-state index in [1.165, 1.54) is 0 Å². The Hall–Kier alpha value is -1.10. The number of carboxylic acid groups (broad SMARTS) is 1. The molecule has 0 aromatic carbocycles. The topological polar surface area (TPSA) is 60.9 Å². The Kier molecular flexibility index (Phi) is 4.22. The zero-order valence-electron chi connectivity index (χ0n) is 11.0. The summed E-state index contributed by atoms with van der Waals surface area (Å²) in [6.07, 6.45) is 5.47. The van der Waals surface area contributed by atoms with Gasteiger partial charge < -0.3 is 10.0 Å². The summed E-state index contributed by atoms with van der Waals surface area (Å²) in [5.74, 6) is -0.842. The number of carbonyl (C=O) groups excluding carboxylic acids is 1. The van der Waals surface area contributed by atoms with Gasteiger partial charge in [-0.3, -0.25) is 9.69 Å². The normalized spacial score (nSPS) is 30.2. The minimum atomic E-state index is -0.860. The summed E-state index contributed by atoms with van der Waals surface area (Å²) in [4.78, 5) is 27.4. The fourth-order valence-electron chi connectivity index (χ4n) is 3.03. The van der Waals surface area contributed by atoms with Crippen molar-refractivity contribution >= 4 is 11.9 Å². The molecule has 0 bridgehead atoms. The maximum atomic E-state index is 12.5. The molecule has 5 nitrogen and oxygen atoms in total. The third-order valence-corrected chi connectivity index (χ3v) is 4.13. The Morgan fingerprint density at radius 1 is 1.00 bits per heavy atom. The van der Waals surface area contributed by atoms with Crippen LogP contribution in [-0.4, -0.2) is 59.0 Å². The van der Waals surface area contributed by atoms with Crippen LogP contribution in [0.4, 0.5) is 0 Å². The van der Waals surface area contributed by atoms with Gasteiger partial charge in [0.25, 0.3) is 0 Å². The molecule has 5 heteroatoms. The van der Waals surface area contributed by atoms with Crippen molar-refractivity contribution < 1.29 is 14.7 Å². The molecule has 2 heterocycles. The fourth-order valence-corrected chi connectivity index (χ4v) is 3.03. The van der Waals surface area contributed by atoms with E-state index in [1.54, 1.807) is 4.90 Å². The molecule has 2 rings (SSSR count). The maximum Gasteiger partial charge on any atom is 0.326 e. The van der Waals surface area contributed by atoms with Gasteiger partial charge in [0.15, 0.2) is 0 Å². The van der Waals surface area contributed by atoms with E-state index in [0.717, 1.165) is 38.6 Å². The molecule has 2 saturated heterocycles. The van der Waals surface area contributed by atoms with E-state index in [1.807, 2.05) is 7.05 Å². The van der Waals surface area contributed by atoms with Crippen LogP contribution in [0.3, 0.4) is 0 Å². The molecule has 2 fully saturated rings. The van der Waals surface area contributed by atoms with Crippen molar-refractivity contribution in [2.24, 2.45) is 0 Å². The highest BCUT2D eigenvalue weighted by Gasteiger charge is 2.37. The highest BCUT2D eigenvalue weighted by molar-refractivity contribution is 5.87. The van der Waals surface area contributed by atoms with Gasteiger partial charge in [0.1, 0.15) is 6.04 Å². The van der Waals surface area contributed by atoms with Gasteiger partial charge in [0, 0.05) is 6.54 Å². The Morgan fingerprint density at radius 2 is 1.61 bits per heavy atom. The molecule has 102 valence electrons. The SMILES string of the molecule is CN1CCCCC1C(=O)N1CCCCC1C(=O)O. The molecule has 0 aliphatic carbocycles. The van der Waals surface area contributed by atoms with Gasteiger partial charge in [0.05, 0.1) is 6.04 Å². The number of likely N-dealkylation sites (tertiary alicyclic amines) is 2. The van der Waals surface area contributed by atoms with E-state index in [0.29, 0.717) is 13.0 Å². The lowest BCUT2D eigenvalue weighted by Crippen LogP contribution is -2.55. The van der Waals surface area contributed by atoms with Crippen LogP contribution in [-0.2, 0) is 9.59 Å². The van der Waals surface area contributed by atoms with E-state index < -0.39 is 12.0 Å². The molecule has 2 aliphatic heterocycles. The molecule has 0 radical (unpaired) electrons. The zero-order valence-corrected chi connectivity index (χ0v) is 11.0. The van der Waals surface area contributed by atoms with Crippen molar-refractivity contribution in [3.63, 3.8) is 0 Å². The second kappa shape index (κ2) is 5.69. The summed E-state index contributed by atoms with van der Waals surface area (Å²) in [5.41, 5.74) is 0. The first kappa shape index (κ1) is 13.3. The number of carbonyl (C=O) groups is 2. The number of amides is 1. The smallest absolute Gasteiger partial charge is 0.326 e. The number of nitrogens with zero attached hydrogens (tertiary/aromatic N) is 2. The lowest BCUT2D eigenvalue weighted by Gasteiger charge is -2.39. The average Bonchev–Trinajstić information content (AvgIpc) is 2.38. The second-order valence-electron chi connectivity index (χ2n) is 5.37. The van der Waals surface area contributed by atoms with Crippen molar-refractivity contribution in [1.82, 2.24) is 9.80 Å². The highest BCUT2D eigenvalue weighted by atomic mass is 16.4. The summed E-state index contributed by atoms with van der Waals surface area (Å²) < 4.78 is 0. The molecule has 0 spiro atoms. The Labute approximate surface area is 108 Å². The van der Waals surface area contributed by atoms with Gasteiger partial charge in [0.2, 0.25) is 5.91 Å². The summed E-state index contributed by atoms with van der Waals surface area (Å²) >= 11 is 0. The van der Waals surface area contributed by atoms with E-state index in [4.69, 9.17) is 0 Å². The third kappa shape index (κ3) is 2.66. The van der Waals surface area contributed by atoms with E-state index in [9.17, 15) is 14.7 Å². The van der Waals surface area contributed by atoms with Crippen LogP contribution in [0.15, 0.2) is 0 Å². The lowest BCUT2D eigenvalue weighted by molar-refractivity contribution is -0.154. The zero-order chi connectivity index (χ0) is 13.1. The minimum absolute atomic E-state index is 0.0179. The predicted molar refractivity (Wildman–Crippen MR) is 67.3 cm³/mol. The number of hydrogen-bond acceptors (Lipinski definition) is 3. The van der Waals surface area contributed by atoms with Crippen molar-refractivity contribution in [2.75, 3.05) is 20.1 Å². The van der Waals surface area contributed by atoms with Crippen LogP contribution >= 0.6 is 0 Å². The molecule has 1 N–H and O–H groups in total. The fraction of sp³-hybridized carbons (Fsp3) is 0.846. The molecule has 2 unspecified atom stereocenters. The van der Waals surface area contributed by atoms with Crippen molar-refractivity contribution in [3.05, 3.63) is 0 Å². The van der Waals surface area contributed by atoms with E-state index in [2.05, 4.69) is 4.90 Å². The Balaban J connectivity index is 2.07. The van der Waals surface area contributed by atoms with E-state index in [-0.39, 0.29) is 11.9 Å². The monoisotopic (exact) mass is 254 g/mol. The number of likely N-dealkylation sites (N-methyl/N-ethyl adjacent to an activating group) is 1. The third-order valence-electron chi connectivity index (χ3n) is 4.13. The maximum absolute atomic E-state index is 12.5. The van der Waals surface area contributed by atoms with Crippen LogP contribution in [0.25, 0.3) is 0 Å². The second-order valence-corrected chi connectivity index (χ2v) is 5.37. The largest absolute Gasteiger partial charge is 0.480 e. The quantitative estimate of drug-likeness (QED) is 0.796. The van der Waals surface area contributed by atoms with Crippen LogP contribution in [0, 0.1) is 0 Å². The first-order valence-corrected chi connectivity index (χ1v) is 6.85. The van der Waals surface area contributed by atoms with Gasteiger partial charge in [-0.2, -0.15) is 0 Å². The lowest BCUT2D eigenvalue weighted by atomic mass is 9.97. The molecule has 0 aromatic heterocycles. The van der Waals surface area contributed by atoms with Gasteiger partial charge >= 0.3 is 5.97 Å². The predicted octanol–water partition coefficient (Wildman–Crippen LogP) is 0.936. The van der Waals surface area contributed by atoms with Crippen LogP contribution < -0.4 is 0 Å². The number of hydrogen-bond donors (Lipinski definition) is 1. The summed E-state index contributed by atoms with van der Waals surface area (Å²) in [5, 5.41) is 9.21. The summed E-state index contributed by atoms with van der Waals surface area (Å²) in [7, 11) is 1.96. The number of carboxylic acids is 1. The molecule has 2 aliphatic rings. The van der Waals surface area contributed by atoms with Crippen molar-refractivity contribution in [1.29, 1.82) is 0 Å². The molecule has 1 amide bonds. The first-order chi connectivity index (χ1) is 8.61. The average molecular weight is 254 g/mol. The molecular weight excluding hydrogens is 232 g/mol. The first-order valence-electron chi connectivity index (χ1n) is 6.85. The van der Waals surface area contributed by atoms with Gasteiger partial charge in [-0.05, 0) is 45.7 Å². The Morgan fingerprint density at radius 3 is 2.22 bits per heavy atom. The van der Waals surface area contributed by atoms with Crippen LogP contribution in [0.5, 0.6) is 0 Å². The van der Waals surface area contributed by atoms with Crippen LogP contribution in [0.2, 0.25) is 0 Å². The molecule has 2 atom stereocenters. The number of piperidine rings is 2. The summed E-state index contributed by atoms with van der Waals surface area (Å²) in [6.45, 7) is 1.53. The number of aliphatic carboxylic acids is 1. The van der Waals surface area contributed by atoms with Crippen LogP contribution in [0.1, 0.15) is 38.5 Å². The standard InChI is InChI=1S/C13H22N2O3/c1-14-8-4-2-6-10(14)12(16)15-9-5-3-7-11(15)13(17)18/h10-11H,2-9H2,1H3,(H,17,18). The van der Waals surface area contributed by atoms with Gasteiger partial charge in [-0.15, -0.1) is 0 Å². The number of rotatable bonds is 2.